The molecule has 1 fully saturated rings. The topological polar surface area (TPSA) is 77.1 Å². The summed E-state index contributed by atoms with van der Waals surface area (Å²) in [6.07, 6.45) is 3.79. The second kappa shape index (κ2) is 10.1. The number of hydrogen-bond donors (Lipinski definition) is 1. The summed E-state index contributed by atoms with van der Waals surface area (Å²) < 4.78 is 15.4. The molecule has 1 N–H and O–H groups in total. The van der Waals surface area contributed by atoms with E-state index in [1.807, 2.05) is 12.1 Å². The van der Waals surface area contributed by atoms with Crippen LogP contribution in [0, 0.1) is 0 Å². The molecule has 1 heterocycles. The molecule has 30 heavy (non-hydrogen) atoms. The zero-order valence-corrected chi connectivity index (χ0v) is 17.7. The molecule has 0 aliphatic carbocycles. The van der Waals surface area contributed by atoms with E-state index < -0.39 is 5.97 Å². The average molecular weight is 412 g/mol. The highest BCUT2D eigenvalue weighted by Crippen LogP contribution is 2.34. The Kier molecular flexibility index (Phi) is 7.30. The van der Waals surface area contributed by atoms with Crippen LogP contribution in [0.4, 0.5) is 5.69 Å². The maximum atomic E-state index is 12.8. The van der Waals surface area contributed by atoms with Crippen molar-refractivity contribution >= 4 is 17.6 Å². The molecule has 2 aromatic rings. The molecule has 0 spiro atoms. The lowest BCUT2D eigenvalue weighted by atomic mass is 10.1. The van der Waals surface area contributed by atoms with Gasteiger partial charge < -0.3 is 19.5 Å². The monoisotopic (exact) mass is 412 g/mol. The van der Waals surface area contributed by atoms with Crippen molar-refractivity contribution in [3.05, 3.63) is 53.1 Å². The van der Waals surface area contributed by atoms with Crippen LogP contribution >= 0.6 is 0 Å². The molecule has 1 aliphatic rings. The molecule has 160 valence electrons. The number of hydrogen-bond acceptors (Lipinski definition) is 6. The first kappa shape index (κ1) is 21.6. The van der Waals surface area contributed by atoms with Crippen LogP contribution in [0.5, 0.6) is 11.5 Å². The second-order valence-electron chi connectivity index (χ2n) is 7.23. The predicted octanol–water partition coefficient (Wildman–Crippen LogP) is 3.73. The summed E-state index contributed by atoms with van der Waals surface area (Å²) in [6.45, 7) is 3.14. The normalized spacial score (nSPS) is 14.1. The van der Waals surface area contributed by atoms with Gasteiger partial charge in [0, 0.05) is 24.2 Å². The van der Waals surface area contributed by atoms with E-state index in [0.29, 0.717) is 22.7 Å². The van der Waals surface area contributed by atoms with Gasteiger partial charge in [-0.3, -0.25) is 9.69 Å². The number of likely N-dealkylation sites (tertiary alicyclic amines) is 1. The summed E-state index contributed by atoms with van der Waals surface area (Å²) >= 11 is 0. The maximum Gasteiger partial charge on any atom is 0.340 e. The number of esters is 1. The van der Waals surface area contributed by atoms with Crippen molar-refractivity contribution in [1.29, 1.82) is 0 Å². The largest absolute Gasteiger partial charge is 0.493 e. The summed E-state index contributed by atoms with van der Waals surface area (Å²) in [5.41, 5.74) is 2.16. The smallest absolute Gasteiger partial charge is 0.340 e. The highest BCUT2D eigenvalue weighted by atomic mass is 16.5. The van der Waals surface area contributed by atoms with Crippen LogP contribution in [0.3, 0.4) is 0 Å². The Labute approximate surface area is 176 Å². The minimum Gasteiger partial charge on any atom is -0.493 e. The SMILES string of the molecule is COC(=O)c1cc(OC)c(OC)cc1NC(=O)c1ccc(CN2CCCCC2)cc1. The number of rotatable bonds is 7. The number of benzene rings is 2. The first-order chi connectivity index (χ1) is 14.5. The van der Waals surface area contributed by atoms with Crippen molar-refractivity contribution < 1.29 is 23.8 Å². The number of amides is 1. The third-order valence-electron chi connectivity index (χ3n) is 5.25. The van der Waals surface area contributed by atoms with E-state index in [1.165, 1.54) is 52.2 Å². The fraction of sp³-hybridized carbons (Fsp3) is 0.391. The number of carbonyl (C=O) groups is 2. The van der Waals surface area contributed by atoms with E-state index in [2.05, 4.69) is 10.2 Å². The number of nitrogens with zero attached hydrogens (tertiary/aromatic N) is 1. The van der Waals surface area contributed by atoms with Crippen LogP contribution in [0.15, 0.2) is 36.4 Å². The predicted molar refractivity (Wildman–Crippen MR) is 114 cm³/mol. The Morgan fingerprint density at radius 2 is 1.57 bits per heavy atom. The highest BCUT2D eigenvalue weighted by Gasteiger charge is 2.20. The molecular weight excluding hydrogens is 384 g/mol. The Morgan fingerprint density at radius 1 is 0.933 bits per heavy atom. The number of methoxy groups -OCH3 is 3. The minimum absolute atomic E-state index is 0.185. The Morgan fingerprint density at radius 3 is 2.17 bits per heavy atom. The molecule has 0 unspecified atom stereocenters. The van der Waals surface area contributed by atoms with Gasteiger partial charge in [-0.2, -0.15) is 0 Å². The zero-order valence-electron chi connectivity index (χ0n) is 17.7. The van der Waals surface area contributed by atoms with Gasteiger partial charge in [-0.1, -0.05) is 18.6 Å². The molecule has 2 aromatic carbocycles. The van der Waals surface area contributed by atoms with Crippen molar-refractivity contribution in [2.24, 2.45) is 0 Å². The van der Waals surface area contributed by atoms with Gasteiger partial charge in [0.25, 0.3) is 5.91 Å². The maximum absolute atomic E-state index is 12.8. The minimum atomic E-state index is -0.580. The molecule has 0 saturated carbocycles. The van der Waals surface area contributed by atoms with Crippen molar-refractivity contribution in [2.45, 2.75) is 25.8 Å². The summed E-state index contributed by atoms with van der Waals surface area (Å²) in [4.78, 5) is 27.4. The van der Waals surface area contributed by atoms with Gasteiger partial charge in [0.2, 0.25) is 0 Å². The third-order valence-corrected chi connectivity index (χ3v) is 5.25. The molecule has 7 nitrogen and oxygen atoms in total. The van der Waals surface area contributed by atoms with Gasteiger partial charge in [-0.05, 0) is 43.6 Å². The van der Waals surface area contributed by atoms with Gasteiger partial charge >= 0.3 is 5.97 Å². The first-order valence-corrected chi connectivity index (χ1v) is 10.0. The van der Waals surface area contributed by atoms with Crippen molar-refractivity contribution in [2.75, 3.05) is 39.7 Å². The van der Waals surface area contributed by atoms with Gasteiger partial charge in [0.05, 0.1) is 32.6 Å². The zero-order chi connectivity index (χ0) is 21.5. The summed E-state index contributed by atoms with van der Waals surface area (Å²) in [5.74, 6) is -0.129. The summed E-state index contributed by atoms with van der Waals surface area (Å²) in [5, 5.41) is 2.78. The van der Waals surface area contributed by atoms with Gasteiger partial charge in [-0.15, -0.1) is 0 Å². The van der Waals surface area contributed by atoms with Crippen LogP contribution in [0.25, 0.3) is 0 Å². The second-order valence-corrected chi connectivity index (χ2v) is 7.23. The Balaban J connectivity index is 1.76. The molecular formula is C23H28N2O5. The Hall–Kier alpha value is -3.06. The fourth-order valence-corrected chi connectivity index (χ4v) is 3.59. The highest BCUT2D eigenvalue weighted by molar-refractivity contribution is 6.08. The third kappa shape index (κ3) is 5.10. The number of ether oxygens (including phenoxy) is 3. The van der Waals surface area contributed by atoms with Crippen molar-refractivity contribution in [3.8, 4) is 11.5 Å². The molecule has 1 amide bonds. The quantitative estimate of drug-likeness (QED) is 0.699. The van der Waals surface area contributed by atoms with E-state index in [1.54, 1.807) is 18.2 Å². The van der Waals surface area contributed by atoms with Crippen LogP contribution in [-0.2, 0) is 11.3 Å². The number of nitrogens with one attached hydrogen (secondary N) is 1. The molecule has 0 bridgehead atoms. The van der Waals surface area contributed by atoms with E-state index in [-0.39, 0.29) is 11.5 Å². The number of piperidine rings is 1. The van der Waals surface area contributed by atoms with Crippen LogP contribution in [0.2, 0.25) is 0 Å². The van der Waals surface area contributed by atoms with Crippen LogP contribution in [-0.4, -0.2) is 51.2 Å². The van der Waals surface area contributed by atoms with Crippen molar-refractivity contribution in [3.63, 3.8) is 0 Å². The lowest BCUT2D eigenvalue weighted by Crippen LogP contribution is -2.29. The van der Waals surface area contributed by atoms with E-state index in [4.69, 9.17) is 14.2 Å². The average Bonchev–Trinajstić information content (AvgIpc) is 2.79. The summed E-state index contributed by atoms with van der Waals surface area (Å²) in [7, 11) is 4.25. The lowest BCUT2D eigenvalue weighted by molar-refractivity contribution is 0.0601. The molecule has 7 heteroatoms. The van der Waals surface area contributed by atoms with Gasteiger partial charge in [0.15, 0.2) is 11.5 Å². The Bertz CT molecular complexity index is 889. The molecule has 0 atom stereocenters. The lowest BCUT2D eigenvalue weighted by Gasteiger charge is -2.26. The summed E-state index contributed by atoms with van der Waals surface area (Å²) in [6, 6.07) is 10.6. The molecule has 0 radical (unpaired) electrons. The standard InChI is InChI=1S/C23H28N2O5/c1-28-20-13-18(23(27)30-3)19(14-21(20)29-2)24-22(26)17-9-7-16(8-10-17)15-25-11-5-4-6-12-25/h7-10,13-14H,4-6,11-12,15H2,1-3H3,(H,24,26). The number of anilines is 1. The van der Waals surface area contributed by atoms with Gasteiger partial charge in [-0.25, -0.2) is 4.79 Å². The van der Waals surface area contributed by atoms with E-state index in [0.717, 1.165) is 19.6 Å². The van der Waals surface area contributed by atoms with E-state index in [9.17, 15) is 9.59 Å². The molecule has 3 rings (SSSR count). The van der Waals surface area contributed by atoms with E-state index >= 15 is 0 Å². The first-order valence-electron chi connectivity index (χ1n) is 10.0. The molecule has 0 aromatic heterocycles. The van der Waals surface area contributed by atoms with Crippen molar-refractivity contribution in [1.82, 2.24) is 4.90 Å². The number of carbonyl (C=O) groups excluding carboxylic acids is 2. The fourth-order valence-electron chi connectivity index (χ4n) is 3.59. The van der Waals surface area contributed by atoms with Crippen LogP contribution in [0.1, 0.15) is 45.5 Å². The molecule has 1 aliphatic heterocycles. The van der Waals surface area contributed by atoms with Gasteiger partial charge in [0.1, 0.15) is 0 Å². The molecule has 1 saturated heterocycles. The van der Waals surface area contributed by atoms with Crippen LogP contribution < -0.4 is 14.8 Å².